The smallest absolute Gasteiger partial charge is 0.261 e. The molecule has 25 heavy (non-hydrogen) atoms. The van der Waals surface area contributed by atoms with Crippen LogP contribution in [0, 0.1) is 0 Å². The quantitative estimate of drug-likeness (QED) is 0.645. The molecule has 0 atom stereocenters. The first-order valence-electron chi connectivity index (χ1n) is 8.15. The number of imide groups is 1. The molecular weight excluding hydrogens is 340 g/mol. The lowest BCUT2D eigenvalue weighted by molar-refractivity contribution is 0.0652. The Labute approximate surface area is 149 Å². The van der Waals surface area contributed by atoms with Gasteiger partial charge in [-0.05, 0) is 42.8 Å². The van der Waals surface area contributed by atoms with E-state index >= 15 is 0 Å². The third-order valence-electron chi connectivity index (χ3n) is 4.30. The van der Waals surface area contributed by atoms with Gasteiger partial charge in [0.25, 0.3) is 11.8 Å². The van der Waals surface area contributed by atoms with Crippen molar-refractivity contribution in [3.05, 3.63) is 52.5 Å². The number of hydrogen-bond acceptors (Lipinski definition) is 4. The molecule has 3 aromatic rings. The lowest BCUT2D eigenvalue weighted by Crippen LogP contribution is -2.30. The Hall–Kier alpha value is -2.66. The highest BCUT2D eigenvalue weighted by Gasteiger charge is 2.35. The van der Waals surface area contributed by atoms with Crippen molar-refractivity contribution in [2.45, 2.75) is 19.8 Å². The van der Waals surface area contributed by atoms with Gasteiger partial charge in [-0.25, -0.2) is 4.98 Å². The maximum absolute atomic E-state index is 12.5. The molecule has 0 spiro atoms. The zero-order chi connectivity index (χ0) is 17.6. The van der Waals surface area contributed by atoms with Gasteiger partial charge >= 0.3 is 0 Å². The molecule has 0 bridgehead atoms. The number of oxazole rings is 1. The molecule has 0 saturated heterocycles. The van der Waals surface area contributed by atoms with Crippen LogP contribution in [0.1, 0.15) is 40.5 Å². The number of amides is 2. The van der Waals surface area contributed by atoms with Gasteiger partial charge in [0.15, 0.2) is 5.58 Å². The molecule has 0 aliphatic carbocycles. The van der Waals surface area contributed by atoms with Crippen LogP contribution in [0.15, 0.2) is 40.8 Å². The van der Waals surface area contributed by atoms with E-state index in [1.54, 1.807) is 36.4 Å². The highest BCUT2D eigenvalue weighted by Crippen LogP contribution is 2.30. The van der Waals surface area contributed by atoms with Gasteiger partial charge in [-0.3, -0.25) is 14.5 Å². The molecule has 2 heterocycles. The fourth-order valence-corrected chi connectivity index (χ4v) is 3.13. The summed E-state index contributed by atoms with van der Waals surface area (Å²) in [7, 11) is 0. The summed E-state index contributed by atoms with van der Waals surface area (Å²) in [5.74, 6) is -0.0915. The summed E-state index contributed by atoms with van der Waals surface area (Å²) < 4.78 is 5.74. The van der Waals surface area contributed by atoms with Crippen molar-refractivity contribution >= 4 is 34.5 Å². The van der Waals surface area contributed by atoms with Crippen LogP contribution in [0.5, 0.6) is 0 Å². The number of aromatic nitrogens is 1. The zero-order valence-electron chi connectivity index (χ0n) is 13.6. The van der Waals surface area contributed by atoms with E-state index in [-0.39, 0.29) is 11.8 Å². The van der Waals surface area contributed by atoms with Crippen molar-refractivity contribution in [2.75, 3.05) is 6.54 Å². The van der Waals surface area contributed by atoms with Crippen LogP contribution in [-0.4, -0.2) is 28.2 Å². The van der Waals surface area contributed by atoms with Crippen molar-refractivity contribution in [1.82, 2.24) is 9.88 Å². The van der Waals surface area contributed by atoms with E-state index < -0.39 is 0 Å². The predicted molar refractivity (Wildman–Crippen MR) is 94.7 cm³/mol. The van der Waals surface area contributed by atoms with Gasteiger partial charge in [0.05, 0.1) is 11.1 Å². The maximum atomic E-state index is 12.5. The minimum atomic E-state index is -0.255. The van der Waals surface area contributed by atoms with Gasteiger partial charge in [-0.2, -0.15) is 0 Å². The van der Waals surface area contributed by atoms with Crippen molar-refractivity contribution in [3.8, 4) is 11.5 Å². The molecule has 0 fully saturated rings. The van der Waals surface area contributed by atoms with Gasteiger partial charge in [0.1, 0.15) is 5.52 Å². The molecule has 1 aliphatic rings. The first-order chi connectivity index (χ1) is 12.1. The van der Waals surface area contributed by atoms with Crippen LogP contribution in [0.4, 0.5) is 0 Å². The van der Waals surface area contributed by atoms with E-state index in [4.69, 9.17) is 16.0 Å². The Kier molecular flexibility index (Phi) is 3.81. The number of benzene rings is 2. The number of nitrogens with zero attached hydrogens (tertiary/aromatic N) is 2. The fourth-order valence-electron chi connectivity index (χ4n) is 2.97. The van der Waals surface area contributed by atoms with Gasteiger partial charge in [0, 0.05) is 17.1 Å². The number of carbonyl (C=O) groups is 2. The third-order valence-corrected chi connectivity index (χ3v) is 4.54. The summed E-state index contributed by atoms with van der Waals surface area (Å²) in [5.41, 5.74) is 2.76. The molecule has 0 unspecified atom stereocenters. The largest absolute Gasteiger partial charge is 0.436 e. The summed E-state index contributed by atoms with van der Waals surface area (Å²) in [5, 5.41) is 0.577. The summed E-state index contributed by atoms with van der Waals surface area (Å²) in [6.07, 6.45) is 1.72. The molecule has 2 amide bonds. The Morgan fingerprint density at radius 1 is 1.08 bits per heavy atom. The average Bonchev–Trinajstić information content (AvgIpc) is 3.13. The third kappa shape index (κ3) is 2.61. The molecule has 0 radical (unpaired) electrons. The Bertz CT molecular complexity index is 1010. The fraction of sp³-hybridized carbons (Fsp3) is 0.211. The van der Waals surface area contributed by atoms with Crippen LogP contribution in [0.25, 0.3) is 22.6 Å². The second-order valence-corrected chi connectivity index (χ2v) is 6.44. The minimum Gasteiger partial charge on any atom is -0.436 e. The second kappa shape index (κ2) is 6.01. The summed E-state index contributed by atoms with van der Waals surface area (Å²) in [6, 6.07) is 10.3. The molecule has 6 heteroatoms. The summed E-state index contributed by atoms with van der Waals surface area (Å²) >= 11 is 5.97. The average molecular weight is 355 g/mol. The van der Waals surface area contributed by atoms with E-state index in [0.717, 1.165) is 12.8 Å². The summed E-state index contributed by atoms with van der Waals surface area (Å²) in [4.78, 5) is 30.7. The molecule has 2 aromatic carbocycles. The minimum absolute atomic E-state index is 0.232. The molecule has 126 valence electrons. The number of unbranched alkanes of at least 4 members (excludes halogenated alkanes) is 1. The maximum Gasteiger partial charge on any atom is 0.261 e. The Balaban J connectivity index is 1.73. The lowest BCUT2D eigenvalue weighted by Gasteiger charge is -2.12. The number of hydrogen-bond donors (Lipinski definition) is 0. The standard InChI is InChI=1S/C19H15ClN2O3/c1-2-3-8-22-18(23)13-6-4-11(9-14(13)19(22)24)17-21-15-10-12(20)5-7-16(15)25-17/h4-7,9-10H,2-3,8H2,1H3. The number of rotatable bonds is 4. The monoisotopic (exact) mass is 354 g/mol. The zero-order valence-corrected chi connectivity index (χ0v) is 14.3. The van der Waals surface area contributed by atoms with Crippen LogP contribution in [0.3, 0.4) is 0 Å². The van der Waals surface area contributed by atoms with Crippen LogP contribution in [-0.2, 0) is 0 Å². The van der Waals surface area contributed by atoms with E-state index in [1.807, 2.05) is 6.92 Å². The highest BCUT2D eigenvalue weighted by molar-refractivity contribution is 6.31. The Morgan fingerprint density at radius 2 is 1.88 bits per heavy atom. The van der Waals surface area contributed by atoms with Crippen LogP contribution in [0.2, 0.25) is 5.02 Å². The molecule has 0 saturated carbocycles. The topological polar surface area (TPSA) is 63.4 Å². The number of halogens is 1. The summed E-state index contributed by atoms with van der Waals surface area (Å²) in [6.45, 7) is 2.47. The highest BCUT2D eigenvalue weighted by atomic mass is 35.5. The first kappa shape index (κ1) is 15.8. The van der Waals surface area contributed by atoms with E-state index in [0.29, 0.717) is 45.2 Å². The van der Waals surface area contributed by atoms with Crippen molar-refractivity contribution < 1.29 is 14.0 Å². The first-order valence-corrected chi connectivity index (χ1v) is 8.53. The van der Waals surface area contributed by atoms with E-state index in [1.165, 1.54) is 4.90 Å². The molecule has 0 N–H and O–H groups in total. The molecular formula is C19H15ClN2O3. The van der Waals surface area contributed by atoms with Crippen LogP contribution < -0.4 is 0 Å². The van der Waals surface area contributed by atoms with Gasteiger partial charge in [0.2, 0.25) is 5.89 Å². The van der Waals surface area contributed by atoms with Crippen molar-refractivity contribution in [1.29, 1.82) is 0 Å². The molecule has 5 nitrogen and oxygen atoms in total. The Morgan fingerprint density at radius 3 is 2.68 bits per heavy atom. The van der Waals surface area contributed by atoms with Crippen LogP contribution >= 0.6 is 11.6 Å². The van der Waals surface area contributed by atoms with Crippen molar-refractivity contribution in [2.24, 2.45) is 0 Å². The molecule has 4 rings (SSSR count). The molecule has 1 aromatic heterocycles. The van der Waals surface area contributed by atoms with Gasteiger partial charge < -0.3 is 4.42 Å². The lowest BCUT2D eigenvalue weighted by atomic mass is 10.1. The van der Waals surface area contributed by atoms with Gasteiger partial charge in [-0.1, -0.05) is 24.9 Å². The van der Waals surface area contributed by atoms with Crippen molar-refractivity contribution in [3.63, 3.8) is 0 Å². The van der Waals surface area contributed by atoms with E-state index in [2.05, 4.69) is 4.98 Å². The van der Waals surface area contributed by atoms with E-state index in [9.17, 15) is 9.59 Å². The normalized spacial score (nSPS) is 13.8. The number of fused-ring (bicyclic) bond motifs is 2. The second-order valence-electron chi connectivity index (χ2n) is 6.01. The van der Waals surface area contributed by atoms with Gasteiger partial charge in [-0.15, -0.1) is 0 Å². The SMILES string of the molecule is CCCCN1C(=O)c2ccc(-c3nc4cc(Cl)ccc4o3)cc2C1=O. The molecule has 1 aliphatic heterocycles. The predicted octanol–water partition coefficient (Wildman–Crippen LogP) is 4.54. The number of carbonyl (C=O) groups excluding carboxylic acids is 2.